The van der Waals surface area contributed by atoms with E-state index in [1.54, 1.807) is 0 Å². The topological polar surface area (TPSA) is 71.1 Å². The van der Waals surface area contributed by atoms with Crippen LogP contribution >= 0.6 is 0 Å². The van der Waals surface area contributed by atoms with Crippen molar-refractivity contribution in [2.24, 2.45) is 5.92 Å². The van der Waals surface area contributed by atoms with E-state index in [1.165, 1.54) is 0 Å². The fourth-order valence-corrected chi connectivity index (χ4v) is 3.40. The number of para-hydroxylation sites is 1. The molecule has 0 spiro atoms. The second kappa shape index (κ2) is 6.75. The van der Waals surface area contributed by atoms with Crippen molar-refractivity contribution in [2.45, 2.75) is 31.6 Å². The number of carbonyl (C=O) groups excluding carboxylic acids is 2. The number of fused-ring (bicyclic) bond motifs is 1. The number of pyridine rings is 1. The Balaban J connectivity index is 1.37. The lowest BCUT2D eigenvalue weighted by atomic mass is 10.1. The lowest BCUT2D eigenvalue weighted by Crippen LogP contribution is -2.14. The van der Waals surface area contributed by atoms with Crippen molar-refractivity contribution < 1.29 is 9.59 Å². The van der Waals surface area contributed by atoms with Gasteiger partial charge in [-0.2, -0.15) is 0 Å². The maximum absolute atomic E-state index is 13.0. The Labute approximate surface area is 163 Å². The summed E-state index contributed by atoms with van der Waals surface area (Å²) < 4.78 is 0. The van der Waals surface area contributed by atoms with Gasteiger partial charge in [0.2, 0.25) is 5.91 Å². The highest BCUT2D eigenvalue weighted by atomic mass is 16.2. The van der Waals surface area contributed by atoms with Gasteiger partial charge in [0.1, 0.15) is 0 Å². The van der Waals surface area contributed by atoms with Crippen LogP contribution in [-0.2, 0) is 4.79 Å². The largest absolute Gasteiger partial charge is 0.326 e. The molecule has 2 aromatic carbocycles. The van der Waals surface area contributed by atoms with Crippen LogP contribution in [0.5, 0.6) is 0 Å². The molecule has 2 amide bonds. The van der Waals surface area contributed by atoms with Gasteiger partial charge >= 0.3 is 0 Å². The van der Waals surface area contributed by atoms with Gasteiger partial charge < -0.3 is 10.6 Å². The number of nitrogens with zero attached hydrogens (tertiary/aromatic N) is 1. The Hall–Kier alpha value is -3.21. The maximum Gasteiger partial charge on any atom is 0.256 e. The Morgan fingerprint density at radius 2 is 1.54 bits per heavy atom. The lowest BCUT2D eigenvalue weighted by Gasteiger charge is -2.11. The summed E-state index contributed by atoms with van der Waals surface area (Å²) >= 11 is 0. The van der Waals surface area contributed by atoms with Gasteiger partial charge in [-0.1, -0.05) is 18.2 Å². The lowest BCUT2D eigenvalue weighted by molar-refractivity contribution is -0.117. The standard InChI is InChI=1S/C23H21N3O2/c27-22(15-7-8-15)24-16-9-11-17(12-10-16)25-23(28)19-13-21(14-5-6-14)26-20-4-2-1-3-18(19)20/h1-4,9-15H,5-8H2,(H,24,27)(H,25,28). The van der Waals surface area contributed by atoms with E-state index in [0.29, 0.717) is 17.2 Å². The zero-order valence-corrected chi connectivity index (χ0v) is 15.4. The first-order valence-corrected chi connectivity index (χ1v) is 9.79. The van der Waals surface area contributed by atoms with Gasteiger partial charge in [-0.3, -0.25) is 14.6 Å². The average Bonchev–Trinajstić information content (AvgIpc) is 3.60. The monoisotopic (exact) mass is 371 g/mol. The molecule has 2 N–H and O–H groups in total. The summed E-state index contributed by atoms with van der Waals surface area (Å²) in [6.45, 7) is 0. The van der Waals surface area contributed by atoms with Crippen molar-refractivity contribution in [3.63, 3.8) is 0 Å². The number of hydrogen-bond acceptors (Lipinski definition) is 3. The fourth-order valence-electron chi connectivity index (χ4n) is 3.40. The third-order valence-electron chi connectivity index (χ3n) is 5.33. The zero-order valence-electron chi connectivity index (χ0n) is 15.4. The molecule has 0 aliphatic heterocycles. The van der Waals surface area contributed by atoms with E-state index in [1.807, 2.05) is 54.6 Å². The van der Waals surface area contributed by atoms with Gasteiger partial charge in [-0.25, -0.2) is 0 Å². The molecular weight excluding hydrogens is 350 g/mol. The Morgan fingerprint density at radius 1 is 0.857 bits per heavy atom. The number of aromatic nitrogens is 1. The van der Waals surface area contributed by atoms with Crippen LogP contribution < -0.4 is 10.6 Å². The highest BCUT2D eigenvalue weighted by Crippen LogP contribution is 2.40. The molecule has 1 heterocycles. The Kier molecular flexibility index (Phi) is 4.08. The molecule has 0 bridgehead atoms. The number of hydrogen-bond donors (Lipinski definition) is 2. The number of amides is 2. The molecule has 0 atom stereocenters. The number of nitrogens with one attached hydrogen (secondary N) is 2. The summed E-state index contributed by atoms with van der Waals surface area (Å²) in [5.74, 6) is 0.577. The summed E-state index contributed by atoms with van der Waals surface area (Å²) in [6.07, 6.45) is 4.23. The average molecular weight is 371 g/mol. The molecular formula is C23H21N3O2. The third kappa shape index (κ3) is 3.48. The number of carbonyl (C=O) groups is 2. The zero-order chi connectivity index (χ0) is 19.1. The number of rotatable bonds is 5. The van der Waals surface area contributed by atoms with Crippen molar-refractivity contribution in [3.8, 4) is 0 Å². The minimum absolute atomic E-state index is 0.0765. The maximum atomic E-state index is 13.0. The van der Waals surface area contributed by atoms with Crippen LogP contribution in [0.2, 0.25) is 0 Å². The summed E-state index contributed by atoms with van der Waals surface area (Å²) in [5.41, 5.74) is 3.96. The molecule has 3 aromatic rings. The van der Waals surface area contributed by atoms with Crippen LogP contribution in [0.1, 0.15) is 47.7 Å². The van der Waals surface area contributed by atoms with E-state index in [0.717, 1.165) is 48.0 Å². The van der Waals surface area contributed by atoms with E-state index in [4.69, 9.17) is 4.98 Å². The molecule has 0 unspecified atom stereocenters. The predicted molar refractivity (Wildman–Crippen MR) is 109 cm³/mol. The van der Waals surface area contributed by atoms with Crippen molar-refractivity contribution in [2.75, 3.05) is 10.6 Å². The van der Waals surface area contributed by atoms with Gasteiger partial charge in [0.25, 0.3) is 5.91 Å². The first kappa shape index (κ1) is 16.9. The van der Waals surface area contributed by atoms with Crippen molar-refractivity contribution >= 4 is 34.1 Å². The van der Waals surface area contributed by atoms with Crippen LogP contribution in [0.3, 0.4) is 0 Å². The molecule has 2 fully saturated rings. The van der Waals surface area contributed by atoms with Crippen LogP contribution in [0.4, 0.5) is 11.4 Å². The summed E-state index contributed by atoms with van der Waals surface area (Å²) in [7, 11) is 0. The second-order valence-electron chi connectivity index (χ2n) is 7.68. The van der Waals surface area contributed by atoms with Crippen molar-refractivity contribution in [1.82, 2.24) is 4.98 Å². The predicted octanol–water partition coefficient (Wildman–Crippen LogP) is 4.71. The van der Waals surface area contributed by atoms with Crippen molar-refractivity contribution in [1.29, 1.82) is 0 Å². The molecule has 2 saturated carbocycles. The van der Waals surface area contributed by atoms with Crippen LogP contribution in [0, 0.1) is 5.92 Å². The molecule has 5 heteroatoms. The molecule has 2 aliphatic carbocycles. The number of benzene rings is 2. The first-order chi connectivity index (χ1) is 13.7. The Bertz CT molecular complexity index is 1070. The van der Waals surface area contributed by atoms with Crippen molar-refractivity contribution in [3.05, 3.63) is 65.9 Å². The molecule has 5 rings (SSSR count). The van der Waals surface area contributed by atoms with Gasteiger partial charge in [0, 0.05) is 34.3 Å². The molecule has 28 heavy (non-hydrogen) atoms. The van der Waals surface area contributed by atoms with Gasteiger partial charge in [-0.15, -0.1) is 0 Å². The molecule has 1 aromatic heterocycles. The summed E-state index contributed by atoms with van der Waals surface area (Å²) in [5, 5.41) is 6.74. The molecule has 2 aliphatic rings. The van der Waals surface area contributed by atoms with E-state index in [2.05, 4.69) is 10.6 Å². The van der Waals surface area contributed by atoms with Crippen LogP contribution in [-0.4, -0.2) is 16.8 Å². The van der Waals surface area contributed by atoms with Gasteiger partial charge in [0.05, 0.1) is 11.1 Å². The highest BCUT2D eigenvalue weighted by Gasteiger charge is 2.29. The minimum Gasteiger partial charge on any atom is -0.326 e. The molecule has 5 nitrogen and oxygen atoms in total. The van der Waals surface area contributed by atoms with Crippen LogP contribution in [0.25, 0.3) is 10.9 Å². The normalized spacial score (nSPS) is 16.0. The minimum atomic E-state index is -0.143. The summed E-state index contributed by atoms with van der Waals surface area (Å²) in [4.78, 5) is 29.6. The molecule has 0 radical (unpaired) electrons. The van der Waals surface area contributed by atoms with E-state index in [9.17, 15) is 9.59 Å². The fraction of sp³-hybridized carbons (Fsp3) is 0.261. The van der Waals surface area contributed by atoms with E-state index in [-0.39, 0.29) is 17.7 Å². The third-order valence-corrected chi connectivity index (χ3v) is 5.33. The van der Waals surface area contributed by atoms with Gasteiger partial charge in [-0.05, 0) is 62.1 Å². The SMILES string of the molecule is O=C(Nc1ccc(NC(=O)C2CC2)cc1)c1cc(C2CC2)nc2ccccc12. The molecule has 140 valence electrons. The van der Waals surface area contributed by atoms with Crippen LogP contribution in [0.15, 0.2) is 54.6 Å². The smallest absolute Gasteiger partial charge is 0.256 e. The quantitative estimate of drug-likeness (QED) is 0.682. The number of anilines is 2. The second-order valence-corrected chi connectivity index (χ2v) is 7.68. The summed E-state index contributed by atoms with van der Waals surface area (Å²) in [6, 6.07) is 16.9. The Morgan fingerprint density at radius 3 is 2.21 bits per heavy atom. The first-order valence-electron chi connectivity index (χ1n) is 9.79. The molecule has 0 saturated heterocycles. The van der Waals surface area contributed by atoms with E-state index >= 15 is 0 Å². The van der Waals surface area contributed by atoms with Gasteiger partial charge in [0.15, 0.2) is 0 Å². The highest BCUT2D eigenvalue weighted by molar-refractivity contribution is 6.12. The van der Waals surface area contributed by atoms with E-state index < -0.39 is 0 Å².